The predicted octanol–water partition coefficient (Wildman–Crippen LogP) is 0.291. The molecule has 1 unspecified atom stereocenters. The molecule has 1 aliphatic rings. The average molecular weight is 234 g/mol. The van der Waals surface area contributed by atoms with Crippen molar-refractivity contribution in [1.82, 2.24) is 10.6 Å². The van der Waals surface area contributed by atoms with Gasteiger partial charge in [0.05, 0.1) is 13.2 Å². The largest absolute Gasteiger partial charge is 0.496 e. The molecule has 2 N–H and O–H groups in total. The van der Waals surface area contributed by atoms with Crippen molar-refractivity contribution in [2.45, 2.75) is 13.0 Å². The zero-order valence-corrected chi connectivity index (χ0v) is 9.74. The second kappa shape index (κ2) is 4.45. The third-order valence-corrected chi connectivity index (χ3v) is 2.80. The van der Waals surface area contributed by atoms with Gasteiger partial charge in [0.2, 0.25) is 0 Å². The molecule has 1 aromatic rings. The van der Waals surface area contributed by atoms with E-state index in [1.807, 2.05) is 25.1 Å². The number of benzene rings is 1. The highest BCUT2D eigenvalue weighted by Crippen LogP contribution is 2.22. The van der Waals surface area contributed by atoms with Crippen molar-refractivity contribution in [1.29, 1.82) is 0 Å². The summed E-state index contributed by atoms with van der Waals surface area (Å²) in [5.41, 5.74) is 1.95. The maximum absolute atomic E-state index is 11.2. The molecule has 2 amide bonds. The molecule has 0 aromatic heterocycles. The van der Waals surface area contributed by atoms with Gasteiger partial charge in [0, 0.05) is 6.54 Å². The fourth-order valence-electron chi connectivity index (χ4n) is 1.87. The minimum atomic E-state index is -0.588. The fraction of sp³-hybridized carbons (Fsp3) is 0.333. The minimum absolute atomic E-state index is 0.176. The van der Waals surface area contributed by atoms with Gasteiger partial charge in [-0.05, 0) is 24.1 Å². The number of carbonyl (C=O) groups excluding carboxylic acids is 2. The molecule has 0 spiro atoms. The first-order valence-corrected chi connectivity index (χ1v) is 5.35. The van der Waals surface area contributed by atoms with E-state index in [0.29, 0.717) is 6.54 Å². The van der Waals surface area contributed by atoms with Crippen molar-refractivity contribution in [3.63, 3.8) is 0 Å². The van der Waals surface area contributed by atoms with Gasteiger partial charge in [-0.25, -0.2) is 0 Å². The van der Waals surface area contributed by atoms with Crippen molar-refractivity contribution in [3.8, 4) is 5.75 Å². The van der Waals surface area contributed by atoms with Crippen molar-refractivity contribution in [2.75, 3.05) is 13.7 Å². The van der Waals surface area contributed by atoms with Crippen LogP contribution in [-0.2, 0) is 9.59 Å². The Morgan fingerprint density at radius 1 is 1.29 bits per heavy atom. The number of aryl methyl sites for hydroxylation is 1. The maximum atomic E-state index is 11.2. The molecule has 0 aliphatic carbocycles. The van der Waals surface area contributed by atoms with Crippen LogP contribution in [0.25, 0.3) is 0 Å². The second-order valence-electron chi connectivity index (χ2n) is 3.97. The number of piperazine rings is 1. The summed E-state index contributed by atoms with van der Waals surface area (Å²) in [5.74, 6) is -0.360. The van der Waals surface area contributed by atoms with E-state index in [4.69, 9.17) is 4.74 Å². The molecule has 1 heterocycles. The Morgan fingerprint density at radius 2 is 2.06 bits per heavy atom. The first kappa shape index (κ1) is 11.4. The number of hydrogen-bond acceptors (Lipinski definition) is 3. The predicted molar refractivity (Wildman–Crippen MR) is 61.6 cm³/mol. The zero-order valence-electron chi connectivity index (χ0n) is 9.74. The summed E-state index contributed by atoms with van der Waals surface area (Å²) in [4.78, 5) is 22.2. The molecular weight excluding hydrogens is 220 g/mol. The van der Waals surface area contributed by atoms with E-state index >= 15 is 0 Å². The lowest BCUT2D eigenvalue weighted by molar-refractivity contribution is -0.141. The quantitative estimate of drug-likeness (QED) is 0.723. The Kier molecular flexibility index (Phi) is 2.99. The maximum Gasteiger partial charge on any atom is 0.309 e. The van der Waals surface area contributed by atoms with Crippen molar-refractivity contribution in [2.24, 2.45) is 0 Å². The lowest BCUT2D eigenvalue weighted by Gasteiger charge is -2.24. The number of nitrogens with one attached hydrogen (secondary N) is 2. The van der Waals surface area contributed by atoms with E-state index in [2.05, 4.69) is 10.6 Å². The normalized spacial score (nSPS) is 19.5. The lowest BCUT2D eigenvalue weighted by atomic mass is 10.0. The summed E-state index contributed by atoms with van der Waals surface area (Å²) in [6.45, 7) is 2.35. The standard InChI is InChI=1S/C12H14N2O3/c1-7-5-8(3-4-10(7)17-2)9-6-13-11(15)12(16)14-9/h3-5,9H,6H2,1-2H3,(H,13,15)(H,14,16). The molecule has 0 radical (unpaired) electrons. The summed E-state index contributed by atoms with van der Waals surface area (Å²) in [6.07, 6.45) is 0. The summed E-state index contributed by atoms with van der Waals surface area (Å²) in [6, 6.07) is 5.51. The van der Waals surface area contributed by atoms with Crippen molar-refractivity contribution in [3.05, 3.63) is 29.3 Å². The first-order chi connectivity index (χ1) is 8.11. The first-order valence-electron chi connectivity index (χ1n) is 5.35. The van der Waals surface area contributed by atoms with Gasteiger partial charge in [0.25, 0.3) is 0 Å². The van der Waals surface area contributed by atoms with Crippen LogP contribution in [0.2, 0.25) is 0 Å². The molecule has 0 bridgehead atoms. The third-order valence-electron chi connectivity index (χ3n) is 2.80. The Bertz CT molecular complexity index is 471. The molecule has 1 atom stereocenters. The lowest BCUT2D eigenvalue weighted by Crippen LogP contribution is -2.51. The highest BCUT2D eigenvalue weighted by atomic mass is 16.5. The molecule has 5 nitrogen and oxygen atoms in total. The van der Waals surface area contributed by atoms with E-state index in [1.54, 1.807) is 7.11 Å². The Balaban J connectivity index is 2.20. The van der Waals surface area contributed by atoms with E-state index in [-0.39, 0.29) is 6.04 Å². The summed E-state index contributed by atoms with van der Waals surface area (Å²) in [5, 5.41) is 5.20. The van der Waals surface area contributed by atoms with Gasteiger partial charge < -0.3 is 15.4 Å². The van der Waals surface area contributed by atoms with Crippen LogP contribution in [-0.4, -0.2) is 25.5 Å². The summed E-state index contributed by atoms with van der Waals surface area (Å²) < 4.78 is 5.17. The Labute approximate surface area is 99.2 Å². The van der Waals surface area contributed by atoms with Crippen LogP contribution >= 0.6 is 0 Å². The van der Waals surface area contributed by atoms with Crippen LogP contribution in [0, 0.1) is 6.92 Å². The molecule has 1 aromatic carbocycles. The average Bonchev–Trinajstić information content (AvgIpc) is 2.32. The Hall–Kier alpha value is -2.04. The van der Waals surface area contributed by atoms with Gasteiger partial charge in [0.1, 0.15) is 5.75 Å². The zero-order chi connectivity index (χ0) is 12.4. The second-order valence-corrected chi connectivity index (χ2v) is 3.97. The van der Waals surface area contributed by atoms with E-state index in [0.717, 1.165) is 16.9 Å². The van der Waals surface area contributed by atoms with Crippen LogP contribution < -0.4 is 15.4 Å². The number of ether oxygens (including phenoxy) is 1. The van der Waals surface area contributed by atoms with E-state index < -0.39 is 11.8 Å². The number of rotatable bonds is 2. The highest BCUT2D eigenvalue weighted by Gasteiger charge is 2.26. The molecule has 17 heavy (non-hydrogen) atoms. The molecular formula is C12H14N2O3. The smallest absolute Gasteiger partial charge is 0.309 e. The molecule has 0 saturated carbocycles. The topological polar surface area (TPSA) is 67.4 Å². The number of amides is 2. The van der Waals surface area contributed by atoms with Gasteiger partial charge in [-0.2, -0.15) is 0 Å². The van der Waals surface area contributed by atoms with Gasteiger partial charge in [-0.1, -0.05) is 12.1 Å². The van der Waals surface area contributed by atoms with Crippen molar-refractivity contribution >= 4 is 11.8 Å². The van der Waals surface area contributed by atoms with Gasteiger partial charge in [-0.15, -0.1) is 0 Å². The SMILES string of the molecule is COc1ccc(C2CNC(=O)C(=O)N2)cc1C. The number of carbonyl (C=O) groups is 2. The molecule has 2 rings (SSSR count). The summed E-state index contributed by atoms with van der Waals surface area (Å²) in [7, 11) is 1.62. The monoisotopic (exact) mass is 234 g/mol. The highest BCUT2D eigenvalue weighted by molar-refractivity contribution is 6.35. The minimum Gasteiger partial charge on any atom is -0.496 e. The fourth-order valence-corrected chi connectivity index (χ4v) is 1.87. The van der Waals surface area contributed by atoms with Crippen LogP contribution in [0.3, 0.4) is 0 Å². The van der Waals surface area contributed by atoms with Gasteiger partial charge in [-0.3, -0.25) is 9.59 Å². The van der Waals surface area contributed by atoms with Gasteiger partial charge in [0.15, 0.2) is 0 Å². The van der Waals surface area contributed by atoms with Crippen LogP contribution in [0.15, 0.2) is 18.2 Å². The van der Waals surface area contributed by atoms with Gasteiger partial charge >= 0.3 is 11.8 Å². The molecule has 5 heteroatoms. The van der Waals surface area contributed by atoms with Crippen molar-refractivity contribution < 1.29 is 14.3 Å². The van der Waals surface area contributed by atoms with Crippen LogP contribution in [0.4, 0.5) is 0 Å². The van der Waals surface area contributed by atoms with Crippen LogP contribution in [0.5, 0.6) is 5.75 Å². The van der Waals surface area contributed by atoms with Crippen LogP contribution in [0.1, 0.15) is 17.2 Å². The molecule has 90 valence electrons. The molecule has 1 aliphatic heterocycles. The summed E-state index contributed by atoms with van der Waals surface area (Å²) >= 11 is 0. The van der Waals surface area contributed by atoms with E-state index in [1.165, 1.54) is 0 Å². The molecule has 1 saturated heterocycles. The Morgan fingerprint density at radius 3 is 2.65 bits per heavy atom. The molecule has 1 fully saturated rings. The van der Waals surface area contributed by atoms with E-state index in [9.17, 15) is 9.59 Å². The number of hydrogen-bond donors (Lipinski definition) is 2. The number of methoxy groups -OCH3 is 1. The third kappa shape index (κ3) is 2.22.